The van der Waals surface area contributed by atoms with Crippen LogP contribution < -0.4 is 4.74 Å². The number of aryl methyl sites for hydroxylation is 1. The fraction of sp³-hybridized carbons (Fsp3) is 0.125. The predicted molar refractivity (Wildman–Crippen MR) is 79.9 cm³/mol. The number of ether oxygens (including phenoxy) is 1. The van der Waals surface area contributed by atoms with Gasteiger partial charge in [-0.25, -0.2) is 0 Å². The van der Waals surface area contributed by atoms with Crippen LogP contribution in [0.2, 0.25) is 0 Å². The van der Waals surface area contributed by atoms with Crippen LogP contribution in [0.25, 0.3) is 5.57 Å². The summed E-state index contributed by atoms with van der Waals surface area (Å²) in [7, 11) is 0. The second kappa shape index (κ2) is 5.87. The van der Waals surface area contributed by atoms with Crippen molar-refractivity contribution in [2.24, 2.45) is 0 Å². The van der Waals surface area contributed by atoms with E-state index in [9.17, 15) is 0 Å². The summed E-state index contributed by atoms with van der Waals surface area (Å²) >= 11 is 3.45. The molecule has 0 spiro atoms. The maximum Gasteiger partial charge on any atom is 0.120 e. The molecule has 0 atom stereocenters. The highest BCUT2D eigenvalue weighted by atomic mass is 79.9. The first-order valence-electron chi connectivity index (χ1n) is 5.78. The van der Waals surface area contributed by atoms with Crippen LogP contribution in [-0.2, 0) is 0 Å². The number of hydrogen-bond acceptors (Lipinski definition) is 1. The summed E-state index contributed by atoms with van der Waals surface area (Å²) in [5.41, 5.74) is 3.26. The van der Waals surface area contributed by atoms with Gasteiger partial charge in [-0.3, -0.25) is 0 Å². The Morgan fingerprint density at radius 3 is 2.67 bits per heavy atom. The minimum Gasteiger partial charge on any atom is -0.489 e. The van der Waals surface area contributed by atoms with E-state index in [-0.39, 0.29) is 0 Å². The van der Waals surface area contributed by atoms with Gasteiger partial charge in [0, 0.05) is 4.47 Å². The minimum atomic E-state index is 0.500. The Labute approximate surface area is 116 Å². The number of benzene rings is 2. The van der Waals surface area contributed by atoms with Gasteiger partial charge in [0.2, 0.25) is 0 Å². The predicted octanol–water partition coefficient (Wildman–Crippen LogP) is 4.85. The lowest BCUT2D eigenvalue weighted by atomic mass is 10.1. The third-order valence-corrected chi connectivity index (χ3v) is 3.13. The number of halogens is 1. The van der Waals surface area contributed by atoms with E-state index in [1.165, 1.54) is 5.56 Å². The van der Waals surface area contributed by atoms with Crippen molar-refractivity contribution in [1.82, 2.24) is 0 Å². The zero-order valence-electron chi connectivity index (χ0n) is 10.3. The van der Waals surface area contributed by atoms with E-state index in [1.54, 1.807) is 0 Å². The van der Waals surface area contributed by atoms with Gasteiger partial charge >= 0.3 is 0 Å². The van der Waals surface area contributed by atoms with Crippen LogP contribution >= 0.6 is 15.9 Å². The molecule has 0 aliphatic heterocycles. The van der Waals surface area contributed by atoms with Crippen LogP contribution in [-0.4, -0.2) is 6.61 Å². The molecular weight excluding hydrogens is 288 g/mol. The van der Waals surface area contributed by atoms with Crippen LogP contribution in [0.5, 0.6) is 5.75 Å². The average molecular weight is 303 g/mol. The van der Waals surface area contributed by atoms with Gasteiger partial charge in [0.25, 0.3) is 0 Å². The lowest BCUT2D eigenvalue weighted by Gasteiger charge is -2.09. The molecule has 0 N–H and O–H groups in total. The third kappa shape index (κ3) is 3.47. The zero-order valence-corrected chi connectivity index (χ0v) is 11.9. The molecule has 0 aromatic heterocycles. The zero-order chi connectivity index (χ0) is 13.0. The summed E-state index contributed by atoms with van der Waals surface area (Å²) < 4.78 is 6.78. The molecule has 0 saturated heterocycles. The smallest absolute Gasteiger partial charge is 0.120 e. The van der Waals surface area contributed by atoms with Crippen molar-refractivity contribution in [1.29, 1.82) is 0 Å². The molecule has 0 aliphatic rings. The van der Waals surface area contributed by atoms with Crippen LogP contribution in [0.1, 0.15) is 11.1 Å². The van der Waals surface area contributed by atoms with Crippen molar-refractivity contribution in [2.45, 2.75) is 6.92 Å². The first kappa shape index (κ1) is 12.9. The third-order valence-electron chi connectivity index (χ3n) is 2.64. The first-order valence-corrected chi connectivity index (χ1v) is 6.57. The molecule has 0 amide bonds. The standard InChI is InChI=1S/C16H15BrO/c1-12-5-3-8-16(9-12)18-11-13(2)14-6-4-7-15(17)10-14/h3-10H,2,11H2,1H3. The maximum absolute atomic E-state index is 5.73. The Bertz CT molecular complexity index is 561. The van der Waals surface area contributed by atoms with Crippen LogP contribution in [0, 0.1) is 6.92 Å². The molecule has 0 saturated carbocycles. The van der Waals surface area contributed by atoms with Gasteiger partial charge in [0.05, 0.1) is 0 Å². The second-order valence-corrected chi connectivity index (χ2v) is 5.13. The SMILES string of the molecule is C=C(COc1cccc(C)c1)c1cccc(Br)c1. The van der Waals surface area contributed by atoms with Crippen LogP contribution in [0.15, 0.2) is 59.6 Å². The van der Waals surface area contributed by atoms with E-state index in [0.717, 1.165) is 21.4 Å². The van der Waals surface area contributed by atoms with E-state index in [2.05, 4.69) is 35.5 Å². The Morgan fingerprint density at radius 1 is 1.17 bits per heavy atom. The van der Waals surface area contributed by atoms with E-state index in [1.807, 2.05) is 42.5 Å². The van der Waals surface area contributed by atoms with Gasteiger partial charge in [-0.05, 0) is 47.9 Å². The van der Waals surface area contributed by atoms with E-state index in [0.29, 0.717) is 6.61 Å². The van der Waals surface area contributed by atoms with Gasteiger partial charge in [-0.15, -0.1) is 0 Å². The molecule has 18 heavy (non-hydrogen) atoms. The molecule has 2 aromatic rings. The van der Waals surface area contributed by atoms with E-state index in [4.69, 9.17) is 4.74 Å². The van der Waals surface area contributed by atoms with Gasteiger partial charge < -0.3 is 4.74 Å². The van der Waals surface area contributed by atoms with Gasteiger partial charge in [0.15, 0.2) is 0 Å². The van der Waals surface area contributed by atoms with Crippen LogP contribution in [0.4, 0.5) is 0 Å². The molecule has 2 heteroatoms. The molecule has 2 aromatic carbocycles. The summed E-state index contributed by atoms with van der Waals surface area (Å²) in [6, 6.07) is 16.1. The fourth-order valence-corrected chi connectivity index (χ4v) is 2.07. The molecule has 0 bridgehead atoms. The molecule has 0 radical (unpaired) electrons. The molecule has 2 rings (SSSR count). The Morgan fingerprint density at radius 2 is 1.94 bits per heavy atom. The van der Waals surface area contributed by atoms with Crippen molar-refractivity contribution >= 4 is 21.5 Å². The summed E-state index contributed by atoms with van der Waals surface area (Å²) in [4.78, 5) is 0. The topological polar surface area (TPSA) is 9.23 Å². The Balaban J connectivity index is 2.00. The highest BCUT2D eigenvalue weighted by Crippen LogP contribution is 2.20. The molecule has 1 nitrogen and oxygen atoms in total. The number of rotatable bonds is 4. The summed E-state index contributed by atoms with van der Waals surface area (Å²) in [6.07, 6.45) is 0. The molecular formula is C16H15BrO. The quantitative estimate of drug-likeness (QED) is 0.784. The normalized spacial score (nSPS) is 10.1. The lowest BCUT2D eigenvalue weighted by Crippen LogP contribution is -1.99. The highest BCUT2D eigenvalue weighted by molar-refractivity contribution is 9.10. The van der Waals surface area contributed by atoms with Crippen molar-refractivity contribution in [3.63, 3.8) is 0 Å². The van der Waals surface area contributed by atoms with Crippen molar-refractivity contribution in [3.05, 3.63) is 70.7 Å². The second-order valence-electron chi connectivity index (χ2n) is 4.22. The van der Waals surface area contributed by atoms with Gasteiger partial charge in [-0.1, -0.05) is 46.8 Å². The van der Waals surface area contributed by atoms with Crippen molar-refractivity contribution < 1.29 is 4.74 Å². The molecule has 92 valence electrons. The molecule has 0 unspecified atom stereocenters. The minimum absolute atomic E-state index is 0.500. The summed E-state index contributed by atoms with van der Waals surface area (Å²) in [5, 5.41) is 0. The summed E-state index contributed by atoms with van der Waals surface area (Å²) in [6.45, 7) is 6.61. The van der Waals surface area contributed by atoms with E-state index >= 15 is 0 Å². The van der Waals surface area contributed by atoms with Gasteiger partial charge in [0.1, 0.15) is 12.4 Å². The fourth-order valence-electron chi connectivity index (χ4n) is 1.67. The first-order chi connectivity index (χ1) is 8.65. The van der Waals surface area contributed by atoms with E-state index < -0.39 is 0 Å². The Hall–Kier alpha value is -1.54. The molecule has 0 aliphatic carbocycles. The largest absolute Gasteiger partial charge is 0.489 e. The highest BCUT2D eigenvalue weighted by Gasteiger charge is 2.01. The maximum atomic E-state index is 5.73. The van der Waals surface area contributed by atoms with Gasteiger partial charge in [-0.2, -0.15) is 0 Å². The Kier molecular flexibility index (Phi) is 4.21. The number of hydrogen-bond donors (Lipinski definition) is 0. The average Bonchev–Trinajstić information content (AvgIpc) is 2.36. The molecule has 0 fully saturated rings. The van der Waals surface area contributed by atoms with Crippen LogP contribution in [0.3, 0.4) is 0 Å². The summed E-state index contributed by atoms with van der Waals surface area (Å²) in [5.74, 6) is 0.881. The monoisotopic (exact) mass is 302 g/mol. The lowest BCUT2D eigenvalue weighted by molar-refractivity contribution is 0.370. The molecule has 0 heterocycles. The van der Waals surface area contributed by atoms with Crippen molar-refractivity contribution in [2.75, 3.05) is 6.61 Å². The van der Waals surface area contributed by atoms with Crippen molar-refractivity contribution in [3.8, 4) is 5.75 Å².